The number of amides is 2. The Morgan fingerprint density at radius 3 is 2.19 bits per heavy atom. The van der Waals surface area contributed by atoms with Gasteiger partial charge in [-0.3, -0.25) is 10.3 Å². The Hall–Kier alpha value is -3.50. The van der Waals surface area contributed by atoms with Crippen LogP contribution in [0.1, 0.15) is 46.5 Å². The molecule has 0 aromatic carbocycles. The lowest BCUT2D eigenvalue weighted by molar-refractivity contribution is 0.0440. The summed E-state index contributed by atoms with van der Waals surface area (Å²) in [5.41, 5.74) is 0.693. The number of hydrogen-bond donors (Lipinski definition) is 2. The van der Waals surface area contributed by atoms with Gasteiger partial charge >= 0.3 is 18.2 Å². The fourth-order valence-corrected chi connectivity index (χ4v) is 3.18. The number of nitrogens with zero attached hydrogens (tertiary/aromatic N) is 4. The molecule has 0 unspecified atom stereocenters. The van der Waals surface area contributed by atoms with E-state index in [4.69, 9.17) is 14.2 Å². The van der Waals surface area contributed by atoms with E-state index < -0.39 is 17.8 Å². The van der Waals surface area contributed by atoms with E-state index in [0.717, 1.165) is 0 Å². The first kappa shape index (κ1) is 23.2. The molecule has 0 aliphatic heterocycles. The maximum absolute atomic E-state index is 12.2. The molecule has 0 bridgehead atoms. The standard InChI is InChI=1S/C21H28N6O5/c1-21(2,3)32-20(29)26-14-5-7-15(8-6-14)31-19(28)27-17-12-22-16(11-23-17)13-9-24-18(30-4)25-10-13/h9-12,14-15H,5-8H2,1-4H3,(H,26,29)(H,23,27,28). The minimum Gasteiger partial charge on any atom is -0.467 e. The monoisotopic (exact) mass is 444 g/mol. The maximum atomic E-state index is 12.2. The Kier molecular flexibility index (Phi) is 7.39. The van der Waals surface area contributed by atoms with Gasteiger partial charge in [0.05, 0.1) is 25.2 Å². The zero-order valence-corrected chi connectivity index (χ0v) is 18.6. The smallest absolute Gasteiger partial charge is 0.413 e. The lowest BCUT2D eigenvalue weighted by Gasteiger charge is -2.29. The van der Waals surface area contributed by atoms with Crippen LogP contribution in [0, 0.1) is 0 Å². The molecule has 2 amide bonds. The molecule has 2 heterocycles. The van der Waals surface area contributed by atoms with E-state index in [0.29, 0.717) is 36.9 Å². The molecule has 2 aromatic heterocycles. The van der Waals surface area contributed by atoms with Crippen LogP contribution >= 0.6 is 0 Å². The van der Waals surface area contributed by atoms with Crippen LogP contribution in [0.4, 0.5) is 15.4 Å². The van der Waals surface area contributed by atoms with Crippen molar-refractivity contribution in [2.45, 2.75) is 64.2 Å². The van der Waals surface area contributed by atoms with Gasteiger partial charge in [-0.1, -0.05) is 0 Å². The molecular formula is C21H28N6O5. The molecule has 172 valence electrons. The summed E-state index contributed by atoms with van der Waals surface area (Å²) < 4.78 is 15.7. The number of methoxy groups -OCH3 is 1. The Labute approximate surface area is 186 Å². The summed E-state index contributed by atoms with van der Waals surface area (Å²) in [6, 6.07) is 0.269. The summed E-state index contributed by atoms with van der Waals surface area (Å²) in [7, 11) is 1.49. The van der Waals surface area contributed by atoms with Gasteiger partial charge in [0.15, 0.2) is 5.82 Å². The molecule has 0 saturated heterocycles. The van der Waals surface area contributed by atoms with Crippen LogP contribution in [-0.4, -0.2) is 57.0 Å². The second-order valence-corrected chi connectivity index (χ2v) is 8.40. The van der Waals surface area contributed by atoms with E-state index in [1.54, 1.807) is 12.4 Å². The quantitative estimate of drug-likeness (QED) is 0.711. The average Bonchev–Trinajstić information content (AvgIpc) is 2.74. The molecule has 2 aromatic rings. The Morgan fingerprint density at radius 1 is 0.938 bits per heavy atom. The minimum absolute atomic E-state index is 0.00751. The minimum atomic E-state index is -0.594. The van der Waals surface area contributed by atoms with Crippen molar-refractivity contribution in [2.24, 2.45) is 0 Å². The van der Waals surface area contributed by atoms with Gasteiger partial charge in [0, 0.05) is 24.0 Å². The SMILES string of the molecule is COc1ncc(-c2cnc(NC(=O)OC3CCC(NC(=O)OC(C)(C)C)CC3)cn2)cn1. The highest BCUT2D eigenvalue weighted by Gasteiger charge is 2.26. The molecule has 1 fully saturated rings. The maximum Gasteiger partial charge on any atom is 0.413 e. The molecule has 32 heavy (non-hydrogen) atoms. The summed E-state index contributed by atoms with van der Waals surface area (Å²) in [4.78, 5) is 40.6. The van der Waals surface area contributed by atoms with Crippen molar-refractivity contribution >= 4 is 18.0 Å². The molecule has 0 spiro atoms. The number of rotatable bonds is 5. The number of anilines is 1. The lowest BCUT2D eigenvalue weighted by Crippen LogP contribution is -2.42. The van der Waals surface area contributed by atoms with Crippen molar-refractivity contribution in [3.63, 3.8) is 0 Å². The van der Waals surface area contributed by atoms with Crippen molar-refractivity contribution in [2.75, 3.05) is 12.4 Å². The van der Waals surface area contributed by atoms with Gasteiger partial charge in [-0.15, -0.1) is 0 Å². The number of hydrogen-bond acceptors (Lipinski definition) is 9. The number of aromatic nitrogens is 4. The summed E-state index contributed by atoms with van der Waals surface area (Å²) in [6.45, 7) is 5.46. The van der Waals surface area contributed by atoms with E-state index in [1.165, 1.54) is 19.5 Å². The van der Waals surface area contributed by atoms with Gasteiger partial charge in [0.1, 0.15) is 11.7 Å². The molecule has 11 nitrogen and oxygen atoms in total. The predicted molar refractivity (Wildman–Crippen MR) is 115 cm³/mol. The van der Waals surface area contributed by atoms with Gasteiger partial charge in [0.25, 0.3) is 0 Å². The van der Waals surface area contributed by atoms with Gasteiger partial charge < -0.3 is 19.5 Å². The molecule has 0 atom stereocenters. The number of ether oxygens (including phenoxy) is 3. The molecule has 1 aliphatic carbocycles. The first-order chi connectivity index (χ1) is 15.2. The van der Waals surface area contributed by atoms with Crippen LogP contribution in [0.2, 0.25) is 0 Å². The average molecular weight is 444 g/mol. The van der Waals surface area contributed by atoms with Crippen molar-refractivity contribution < 1.29 is 23.8 Å². The highest BCUT2D eigenvalue weighted by molar-refractivity contribution is 5.83. The third-order valence-corrected chi connectivity index (χ3v) is 4.66. The third kappa shape index (κ3) is 7.03. The lowest BCUT2D eigenvalue weighted by atomic mass is 9.93. The van der Waals surface area contributed by atoms with Gasteiger partial charge in [0.2, 0.25) is 0 Å². The Bertz CT molecular complexity index is 906. The van der Waals surface area contributed by atoms with Crippen LogP contribution < -0.4 is 15.4 Å². The second kappa shape index (κ2) is 10.2. The van der Waals surface area contributed by atoms with E-state index in [2.05, 4.69) is 30.6 Å². The summed E-state index contributed by atoms with van der Waals surface area (Å²) in [5, 5.41) is 5.44. The number of carbonyl (C=O) groups is 2. The number of nitrogens with one attached hydrogen (secondary N) is 2. The zero-order valence-electron chi connectivity index (χ0n) is 18.6. The first-order valence-corrected chi connectivity index (χ1v) is 10.4. The largest absolute Gasteiger partial charge is 0.467 e. The van der Waals surface area contributed by atoms with Crippen molar-refractivity contribution in [1.29, 1.82) is 0 Å². The zero-order chi connectivity index (χ0) is 23.1. The molecule has 1 aliphatic rings. The summed E-state index contributed by atoms with van der Waals surface area (Å²) in [6.07, 6.45) is 7.55. The highest BCUT2D eigenvalue weighted by atomic mass is 16.6. The van der Waals surface area contributed by atoms with Gasteiger partial charge in [-0.25, -0.2) is 24.5 Å². The van der Waals surface area contributed by atoms with E-state index in [1.807, 2.05) is 20.8 Å². The van der Waals surface area contributed by atoms with Crippen molar-refractivity contribution in [3.05, 3.63) is 24.8 Å². The van der Waals surface area contributed by atoms with Gasteiger partial charge in [-0.05, 0) is 46.5 Å². The third-order valence-electron chi connectivity index (χ3n) is 4.66. The second-order valence-electron chi connectivity index (χ2n) is 8.40. The normalized spacial score (nSPS) is 18.4. The molecule has 11 heteroatoms. The summed E-state index contributed by atoms with van der Waals surface area (Å²) >= 11 is 0. The van der Waals surface area contributed by atoms with E-state index in [-0.39, 0.29) is 24.0 Å². The molecule has 1 saturated carbocycles. The number of carbonyl (C=O) groups excluding carboxylic acids is 2. The molecular weight excluding hydrogens is 416 g/mol. The molecule has 0 radical (unpaired) electrons. The summed E-state index contributed by atoms with van der Waals surface area (Å²) in [5.74, 6) is 0.272. The molecule has 3 rings (SSSR count). The van der Waals surface area contributed by atoms with E-state index in [9.17, 15) is 9.59 Å². The Morgan fingerprint density at radius 2 is 1.62 bits per heavy atom. The first-order valence-electron chi connectivity index (χ1n) is 10.4. The number of alkyl carbamates (subject to hydrolysis) is 1. The van der Waals surface area contributed by atoms with Crippen LogP contribution in [-0.2, 0) is 9.47 Å². The topological polar surface area (TPSA) is 137 Å². The van der Waals surface area contributed by atoms with Crippen molar-refractivity contribution in [1.82, 2.24) is 25.3 Å². The van der Waals surface area contributed by atoms with Gasteiger partial charge in [-0.2, -0.15) is 0 Å². The highest BCUT2D eigenvalue weighted by Crippen LogP contribution is 2.22. The van der Waals surface area contributed by atoms with Crippen LogP contribution in [0.3, 0.4) is 0 Å². The molecule has 2 N–H and O–H groups in total. The fraction of sp³-hybridized carbons (Fsp3) is 0.524. The fourth-order valence-electron chi connectivity index (χ4n) is 3.18. The predicted octanol–water partition coefficient (Wildman–Crippen LogP) is 3.33. The van der Waals surface area contributed by atoms with Crippen molar-refractivity contribution in [3.8, 4) is 17.3 Å². The van der Waals surface area contributed by atoms with Crippen LogP contribution in [0.15, 0.2) is 24.8 Å². The Balaban J connectivity index is 1.42. The van der Waals surface area contributed by atoms with Crippen LogP contribution in [0.5, 0.6) is 6.01 Å². The van der Waals surface area contributed by atoms with E-state index >= 15 is 0 Å². The van der Waals surface area contributed by atoms with Crippen LogP contribution in [0.25, 0.3) is 11.3 Å².